The monoisotopic (exact) mass is 901 g/mol. The van der Waals surface area contributed by atoms with Crippen molar-refractivity contribution in [1.29, 1.82) is 0 Å². The molecule has 0 saturated heterocycles. The molecule has 364 valence electrons. The summed E-state index contributed by atoms with van der Waals surface area (Å²) in [6, 6.07) is 2.39. The molecule has 0 aliphatic heterocycles. The summed E-state index contributed by atoms with van der Waals surface area (Å²) in [6.07, 6.45) is -0.950. The second-order valence-corrected chi connectivity index (χ2v) is 19.7. The van der Waals surface area contributed by atoms with Crippen LogP contribution < -0.4 is 21.3 Å². The number of rotatable bonds is 24. The number of amides is 7. The van der Waals surface area contributed by atoms with Crippen molar-refractivity contribution in [1.82, 2.24) is 40.9 Å². The summed E-state index contributed by atoms with van der Waals surface area (Å²) >= 11 is 0. The van der Waals surface area contributed by atoms with Gasteiger partial charge < -0.3 is 46.0 Å². The van der Waals surface area contributed by atoms with Crippen LogP contribution >= 0.6 is 0 Å². The molecular weight excluding hydrogens is 817 g/mol. The lowest BCUT2D eigenvalue weighted by molar-refractivity contribution is -0.155. The molecule has 0 fully saturated rings. The Kier molecular flexibility index (Phi) is 23.2. The maximum atomic E-state index is 14.6. The van der Waals surface area contributed by atoms with Gasteiger partial charge in [0, 0.05) is 34.7 Å². The number of aliphatic hydroxyl groups excluding tert-OH is 1. The number of hydrogen-bond acceptors (Lipinski definition) is 9. The molecule has 0 bridgehead atoms. The highest BCUT2D eigenvalue weighted by molar-refractivity contribution is 5.97. The predicted octanol–water partition coefficient (Wildman–Crippen LogP) is 3.29. The quantitative estimate of drug-likeness (QED) is 0.103. The average molecular weight is 901 g/mol. The minimum Gasteiger partial charge on any atom is -0.387 e. The lowest BCUT2D eigenvalue weighted by Crippen LogP contribution is -2.63. The van der Waals surface area contributed by atoms with Crippen LogP contribution in [-0.4, -0.2) is 150 Å². The Hall–Kier alpha value is -4.57. The van der Waals surface area contributed by atoms with Crippen LogP contribution in [0.4, 0.5) is 0 Å². The third-order valence-corrected chi connectivity index (χ3v) is 12.0. The predicted molar refractivity (Wildman–Crippen MR) is 251 cm³/mol. The third kappa shape index (κ3) is 15.0. The molecule has 0 spiro atoms. The van der Waals surface area contributed by atoms with Gasteiger partial charge in [-0.3, -0.25) is 33.6 Å². The van der Waals surface area contributed by atoms with Gasteiger partial charge in [0.15, 0.2) is 0 Å². The van der Waals surface area contributed by atoms with E-state index in [1.165, 1.54) is 47.8 Å². The molecule has 0 radical (unpaired) electrons. The smallest absolute Gasteiger partial charge is 0.246 e. The molecule has 1 rings (SSSR count). The zero-order chi connectivity index (χ0) is 49.7. The van der Waals surface area contributed by atoms with Crippen LogP contribution in [0, 0.1) is 41.4 Å². The van der Waals surface area contributed by atoms with E-state index in [0.29, 0.717) is 5.56 Å². The van der Waals surface area contributed by atoms with Gasteiger partial charge in [0.1, 0.15) is 36.3 Å². The van der Waals surface area contributed by atoms with Gasteiger partial charge >= 0.3 is 0 Å². The molecule has 0 aromatic heterocycles. The summed E-state index contributed by atoms with van der Waals surface area (Å²) in [7, 11) is 7.75. The number of likely N-dealkylation sites (N-methyl/N-ethyl adjacent to an activating group) is 5. The summed E-state index contributed by atoms with van der Waals surface area (Å²) < 4.78 is 0. The molecule has 7 amide bonds. The number of hydrogen-bond donors (Lipinski definition) is 5. The van der Waals surface area contributed by atoms with E-state index in [2.05, 4.69) is 21.3 Å². The Morgan fingerprint density at radius 2 is 0.781 bits per heavy atom. The first-order valence-electron chi connectivity index (χ1n) is 22.9. The molecule has 0 aliphatic rings. The molecule has 1 aromatic rings. The van der Waals surface area contributed by atoms with Gasteiger partial charge in [-0.1, -0.05) is 127 Å². The maximum Gasteiger partial charge on any atom is 0.246 e. The Balaban J connectivity index is 3.42. The summed E-state index contributed by atoms with van der Waals surface area (Å²) in [5, 5.41) is 22.2. The summed E-state index contributed by atoms with van der Waals surface area (Å²) in [4.78, 5) is 104. The number of nitrogens with zero attached hydrogens (tertiary/aromatic N) is 4. The van der Waals surface area contributed by atoms with Crippen LogP contribution in [0.1, 0.15) is 109 Å². The molecule has 1 aromatic carbocycles. The third-order valence-electron chi connectivity index (χ3n) is 12.0. The second kappa shape index (κ2) is 25.8. The zero-order valence-electron chi connectivity index (χ0n) is 42.3. The minimum absolute atomic E-state index is 0.0368. The van der Waals surface area contributed by atoms with Crippen LogP contribution in [-0.2, 0) is 33.6 Å². The fourth-order valence-corrected chi connectivity index (χ4v) is 8.42. The van der Waals surface area contributed by atoms with Gasteiger partial charge in [0.25, 0.3) is 0 Å². The highest BCUT2D eigenvalue weighted by Crippen LogP contribution is 2.23. The van der Waals surface area contributed by atoms with E-state index in [4.69, 9.17) is 0 Å². The van der Waals surface area contributed by atoms with Crippen LogP contribution in [0.3, 0.4) is 0 Å². The number of carbonyl (C=O) groups excluding carboxylic acids is 7. The number of aliphatic hydroxyl groups is 1. The Labute approximate surface area is 384 Å². The molecule has 16 nitrogen and oxygen atoms in total. The molecule has 0 aliphatic carbocycles. The Morgan fingerprint density at radius 1 is 0.453 bits per heavy atom. The molecule has 8 atom stereocenters. The standard InChI is InChI=1S/C48H84N8O8/c1-26(2)35(49-15)42(58)51-36(27(3)4)46(62)55(18)40(31(11)12)48(64)56(19)41(32(13)14)47(63)54(17)39(30(9)10)44(60)52-37(28(5)6)45(61)53(16)38(29(7)8)43(59)50-25-34(57)33-23-21-20-22-24-33/h20-24,26-32,34-41,49,57H,25H2,1-19H3,(H,50,59)(H,51,58)(H,52,60)/t34?,35-,36-,37-,38-,39-,40-,41-/m0/s1. The van der Waals surface area contributed by atoms with Gasteiger partial charge in [0.05, 0.1) is 12.1 Å². The van der Waals surface area contributed by atoms with Crippen LogP contribution in [0.5, 0.6) is 0 Å². The molecule has 0 heterocycles. The highest BCUT2D eigenvalue weighted by atomic mass is 16.3. The summed E-state index contributed by atoms with van der Waals surface area (Å²) in [5.74, 6) is -5.57. The van der Waals surface area contributed by atoms with E-state index in [9.17, 15) is 38.7 Å². The van der Waals surface area contributed by atoms with Crippen molar-refractivity contribution >= 4 is 41.4 Å². The van der Waals surface area contributed by atoms with Gasteiger partial charge in [-0.25, -0.2) is 0 Å². The van der Waals surface area contributed by atoms with Crippen molar-refractivity contribution in [2.75, 3.05) is 41.8 Å². The lowest BCUT2D eigenvalue weighted by atomic mass is 9.93. The molecular formula is C48H84N8O8. The van der Waals surface area contributed by atoms with E-state index < -0.39 is 102 Å². The topological polar surface area (TPSA) is 201 Å². The SMILES string of the molecule is CN[C@H](C(=O)N[C@H](C(=O)N(C)[C@H](C(=O)N(C)[C@H](C(=O)N(C)[C@H](C(=O)N[C@H](C(=O)N(C)[C@H](C(=O)NCC(O)c1ccccc1)C(C)C)C(C)C)C(C)C)C(C)C)C(C)C)C(C)C)C(C)C. The van der Waals surface area contributed by atoms with E-state index in [1.54, 1.807) is 72.9 Å². The second-order valence-electron chi connectivity index (χ2n) is 19.7. The number of benzene rings is 1. The first-order chi connectivity index (χ1) is 29.6. The summed E-state index contributed by atoms with van der Waals surface area (Å²) in [6.45, 7) is 25.4. The van der Waals surface area contributed by atoms with Crippen molar-refractivity contribution in [3.8, 4) is 0 Å². The molecule has 16 heteroatoms. The summed E-state index contributed by atoms with van der Waals surface area (Å²) in [5.41, 5.74) is 0.639. The van der Waals surface area contributed by atoms with Gasteiger partial charge in [-0.2, -0.15) is 0 Å². The van der Waals surface area contributed by atoms with Crippen molar-refractivity contribution in [2.24, 2.45) is 41.4 Å². The molecule has 0 saturated carbocycles. The number of nitrogens with one attached hydrogen (secondary N) is 4. The van der Waals surface area contributed by atoms with Crippen LogP contribution in [0.15, 0.2) is 30.3 Å². The van der Waals surface area contributed by atoms with Crippen molar-refractivity contribution in [3.63, 3.8) is 0 Å². The fraction of sp³-hybridized carbons (Fsp3) is 0.729. The van der Waals surface area contributed by atoms with Crippen molar-refractivity contribution < 1.29 is 38.7 Å². The highest BCUT2D eigenvalue weighted by Gasteiger charge is 2.44. The largest absolute Gasteiger partial charge is 0.387 e. The van der Waals surface area contributed by atoms with E-state index >= 15 is 0 Å². The van der Waals surface area contributed by atoms with E-state index in [1.807, 2.05) is 61.5 Å². The number of carbonyl (C=O) groups is 7. The van der Waals surface area contributed by atoms with Crippen LogP contribution in [0.25, 0.3) is 0 Å². The van der Waals surface area contributed by atoms with Crippen LogP contribution in [0.2, 0.25) is 0 Å². The zero-order valence-corrected chi connectivity index (χ0v) is 42.3. The van der Waals surface area contributed by atoms with E-state index in [-0.39, 0.29) is 36.1 Å². The Morgan fingerprint density at radius 3 is 1.14 bits per heavy atom. The average Bonchev–Trinajstić information content (AvgIpc) is 3.19. The van der Waals surface area contributed by atoms with Crippen molar-refractivity contribution in [2.45, 2.75) is 145 Å². The first kappa shape index (κ1) is 57.4. The molecule has 64 heavy (non-hydrogen) atoms. The molecule has 5 N–H and O–H groups in total. The van der Waals surface area contributed by atoms with Gasteiger partial charge in [-0.15, -0.1) is 0 Å². The Bertz CT molecular complexity index is 1700. The van der Waals surface area contributed by atoms with Gasteiger partial charge in [0.2, 0.25) is 41.4 Å². The first-order valence-corrected chi connectivity index (χ1v) is 22.9. The normalized spacial score (nSPS) is 15.6. The minimum atomic E-state index is -1.06. The fourth-order valence-electron chi connectivity index (χ4n) is 8.42. The molecule has 1 unspecified atom stereocenters. The van der Waals surface area contributed by atoms with E-state index in [0.717, 1.165) is 0 Å². The lowest BCUT2D eigenvalue weighted by Gasteiger charge is -2.41. The van der Waals surface area contributed by atoms with Crippen molar-refractivity contribution in [3.05, 3.63) is 35.9 Å². The van der Waals surface area contributed by atoms with Gasteiger partial charge in [-0.05, 0) is 54.0 Å². The maximum absolute atomic E-state index is 14.6.